The molecule has 0 saturated carbocycles. The van der Waals surface area contributed by atoms with Gasteiger partial charge in [0.1, 0.15) is 18.5 Å². The van der Waals surface area contributed by atoms with Gasteiger partial charge in [-0.3, -0.25) is 4.79 Å². The Balaban J connectivity index is 2.12. The van der Waals surface area contributed by atoms with Crippen molar-refractivity contribution in [3.8, 4) is 5.75 Å². The second-order valence-electron chi connectivity index (χ2n) is 8.00. The first-order valence-corrected chi connectivity index (χ1v) is 11.6. The SMILES string of the molecule is CCCCCCCCCc1ccc(OC(C)COCCOC(=O)C(C)CC)cc1. The Hall–Kier alpha value is -1.55. The van der Waals surface area contributed by atoms with E-state index in [4.69, 9.17) is 14.2 Å². The Morgan fingerprint density at radius 1 is 0.897 bits per heavy atom. The first-order valence-electron chi connectivity index (χ1n) is 11.6. The van der Waals surface area contributed by atoms with Crippen LogP contribution in [0.3, 0.4) is 0 Å². The quantitative estimate of drug-likeness (QED) is 0.223. The van der Waals surface area contributed by atoms with Crippen molar-refractivity contribution in [1.82, 2.24) is 0 Å². The molecular formula is C25H42O4. The van der Waals surface area contributed by atoms with Crippen LogP contribution in [0.1, 0.15) is 84.6 Å². The molecule has 4 heteroatoms. The fraction of sp³-hybridized carbons (Fsp3) is 0.720. The highest BCUT2D eigenvalue weighted by Gasteiger charge is 2.11. The summed E-state index contributed by atoms with van der Waals surface area (Å²) in [5.74, 6) is 0.663. The zero-order chi connectivity index (χ0) is 21.3. The minimum Gasteiger partial charge on any atom is -0.488 e. The summed E-state index contributed by atoms with van der Waals surface area (Å²) >= 11 is 0. The van der Waals surface area contributed by atoms with Crippen molar-refractivity contribution in [3.63, 3.8) is 0 Å². The van der Waals surface area contributed by atoms with E-state index < -0.39 is 0 Å². The summed E-state index contributed by atoms with van der Waals surface area (Å²) in [7, 11) is 0. The topological polar surface area (TPSA) is 44.8 Å². The molecule has 4 nitrogen and oxygen atoms in total. The summed E-state index contributed by atoms with van der Waals surface area (Å²) in [5, 5.41) is 0. The Morgan fingerprint density at radius 2 is 1.55 bits per heavy atom. The lowest BCUT2D eigenvalue weighted by Gasteiger charge is -2.15. The first-order chi connectivity index (χ1) is 14.1. The Labute approximate surface area is 178 Å². The maximum Gasteiger partial charge on any atom is 0.308 e. The van der Waals surface area contributed by atoms with Gasteiger partial charge >= 0.3 is 5.97 Å². The third-order valence-electron chi connectivity index (χ3n) is 5.17. The largest absolute Gasteiger partial charge is 0.488 e. The first kappa shape index (κ1) is 25.5. The van der Waals surface area contributed by atoms with Crippen molar-refractivity contribution in [2.75, 3.05) is 19.8 Å². The summed E-state index contributed by atoms with van der Waals surface area (Å²) in [5.41, 5.74) is 1.37. The van der Waals surface area contributed by atoms with Crippen molar-refractivity contribution in [2.24, 2.45) is 5.92 Å². The summed E-state index contributed by atoms with van der Waals surface area (Å²) in [4.78, 5) is 11.6. The molecular weight excluding hydrogens is 364 g/mol. The Kier molecular flexibility index (Phi) is 14.3. The van der Waals surface area contributed by atoms with Crippen LogP contribution < -0.4 is 4.74 Å². The summed E-state index contributed by atoms with van der Waals surface area (Å²) in [6, 6.07) is 8.41. The highest BCUT2D eigenvalue weighted by molar-refractivity contribution is 5.71. The standard InChI is InChI=1S/C25H42O4/c1-5-7-8-9-10-11-12-13-23-14-16-24(17-15-23)29-22(4)20-27-18-19-28-25(26)21(3)6-2/h14-17,21-22H,5-13,18-20H2,1-4H3. The van der Waals surface area contributed by atoms with Gasteiger partial charge < -0.3 is 14.2 Å². The van der Waals surface area contributed by atoms with Crippen molar-refractivity contribution in [1.29, 1.82) is 0 Å². The maximum atomic E-state index is 11.6. The number of ether oxygens (including phenoxy) is 3. The molecule has 0 radical (unpaired) electrons. The van der Waals surface area contributed by atoms with Gasteiger partial charge in [0.15, 0.2) is 0 Å². The number of carbonyl (C=O) groups is 1. The predicted molar refractivity (Wildman–Crippen MR) is 119 cm³/mol. The number of hydrogen-bond donors (Lipinski definition) is 0. The van der Waals surface area contributed by atoms with Crippen LogP contribution >= 0.6 is 0 Å². The number of hydrogen-bond acceptors (Lipinski definition) is 4. The lowest BCUT2D eigenvalue weighted by Crippen LogP contribution is -2.22. The van der Waals surface area contributed by atoms with E-state index in [0.29, 0.717) is 19.8 Å². The highest BCUT2D eigenvalue weighted by atomic mass is 16.6. The van der Waals surface area contributed by atoms with Crippen molar-refractivity contribution in [3.05, 3.63) is 29.8 Å². The predicted octanol–water partition coefficient (Wildman–Crippen LogP) is 6.35. The van der Waals surface area contributed by atoms with Crippen LogP contribution in [-0.4, -0.2) is 31.9 Å². The van der Waals surface area contributed by atoms with E-state index >= 15 is 0 Å². The van der Waals surface area contributed by atoms with Gasteiger partial charge in [-0.1, -0.05) is 71.4 Å². The van der Waals surface area contributed by atoms with Crippen molar-refractivity contribution < 1.29 is 19.0 Å². The van der Waals surface area contributed by atoms with Gasteiger partial charge in [-0.05, 0) is 43.9 Å². The maximum absolute atomic E-state index is 11.6. The molecule has 0 spiro atoms. The van der Waals surface area contributed by atoms with Gasteiger partial charge in [0, 0.05) is 0 Å². The summed E-state index contributed by atoms with van der Waals surface area (Å²) in [6.45, 7) is 9.26. The Morgan fingerprint density at radius 3 is 2.21 bits per heavy atom. The van der Waals surface area contributed by atoms with E-state index in [1.807, 2.05) is 32.9 Å². The van der Waals surface area contributed by atoms with Crippen LogP contribution in [0, 0.1) is 5.92 Å². The van der Waals surface area contributed by atoms with Gasteiger partial charge in [0.2, 0.25) is 0 Å². The van der Waals surface area contributed by atoms with Crippen LogP contribution in [-0.2, 0) is 20.7 Å². The van der Waals surface area contributed by atoms with E-state index in [0.717, 1.165) is 18.6 Å². The number of aryl methyl sites for hydroxylation is 1. The van der Waals surface area contributed by atoms with Gasteiger partial charge in [-0.2, -0.15) is 0 Å². The minimum absolute atomic E-state index is 0.0470. The summed E-state index contributed by atoms with van der Waals surface area (Å²) < 4.78 is 16.6. The third kappa shape index (κ3) is 12.6. The van der Waals surface area contributed by atoms with E-state index in [-0.39, 0.29) is 18.0 Å². The Bertz CT molecular complexity index is 526. The van der Waals surface area contributed by atoms with Gasteiger partial charge in [-0.25, -0.2) is 0 Å². The lowest BCUT2D eigenvalue weighted by atomic mass is 10.0. The smallest absolute Gasteiger partial charge is 0.308 e. The second kappa shape index (κ2) is 16.3. The number of benzene rings is 1. The molecule has 1 aromatic rings. The molecule has 2 atom stereocenters. The normalized spacial score (nSPS) is 13.1. The fourth-order valence-corrected chi connectivity index (χ4v) is 3.05. The third-order valence-corrected chi connectivity index (χ3v) is 5.17. The average molecular weight is 407 g/mol. The lowest BCUT2D eigenvalue weighted by molar-refractivity contribution is -0.149. The number of unbranched alkanes of at least 4 members (excludes halogenated alkanes) is 6. The molecule has 0 aromatic heterocycles. The number of esters is 1. The molecule has 0 heterocycles. The van der Waals surface area contributed by atoms with Crippen LogP contribution in [0.25, 0.3) is 0 Å². The minimum atomic E-state index is -0.156. The van der Waals surface area contributed by atoms with Crippen molar-refractivity contribution >= 4 is 5.97 Å². The highest BCUT2D eigenvalue weighted by Crippen LogP contribution is 2.16. The summed E-state index contributed by atoms with van der Waals surface area (Å²) in [6.07, 6.45) is 11.3. The molecule has 2 unspecified atom stereocenters. The molecule has 0 amide bonds. The van der Waals surface area contributed by atoms with Gasteiger partial charge in [0.05, 0.1) is 19.1 Å². The fourth-order valence-electron chi connectivity index (χ4n) is 3.05. The molecule has 0 saturated heterocycles. The average Bonchev–Trinajstić information content (AvgIpc) is 2.73. The van der Waals surface area contributed by atoms with Crippen LogP contribution in [0.2, 0.25) is 0 Å². The van der Waals surface area contributed by atoms with Crippen LogP contribution in [0.15, 0.2) is 24.3 Å². The molecule has 0 bridgehead atoms. The van der Waals surface area contributed by atoms with Gasteiger partial charge in [-0.15, -0.1) is 0 Å². The molecule has 0 aliphatic heterocycles. The van der Waals surface area contributed by atoms with E-state index in [9.17, 15) is 4.79 Å². The number of rotatable bonds is 17. The molecule has 1 aromatic carbocycles. The number of carbonyl (C=O) groups excluding carboxylic acids is 1. The van der Waals surface area contributed by atoms with Crippen molar-refractivity contribution in [2.45, 2.75) is 91.6 Å². The van der Waals surface area contributed by atoms with E-state index in [2.05, 4.69) is 19.1 Å². The zero-order valence-corrected chi connectivity index (χ0v) is 19.1. The molecule has 0 fully saturated rings. The molecule has 0 aliphatic rings. The van der Waals surface area contributed by atoms with E-state index in [1.165, 1.54) is 50.5 Å². The van der Waals surface area contributed by atoms with Crippen LogP contribution in [0.5, 0.6) is 5.75 Å². The van der Waals surface area contributed by atoms with E-state index in [1.54, 1.807) is 0 Å². The molecule has 166 valence electrons. The monoisotopic (exact) mass is 406 g/mol. The van der Waals surface area contributed by atoms with Crippen LogP contribution in [0.4, 0.5) is 0 Å². The molecule has 1 rings (SSSR count). The second-order valence-corrected chi connectivity index (χ2v) is 8.00. The molecule has 29 heavy (non-hydrogen) atoms. The molecule has 0 aliphatic carbocycles. The molecule has 0 N–H and O–H groups in total. The zero-order valence-electron chi connectivity index (χ0n) is 19.1. The van der Waals surface area contributed by atoms with Gasteiger partial charge in [0.25, 0.3) is 0 Å².